The minimum absolute atomic E-state index is 0.302. The summed E-state index contributed by atoms with van der Waals surface area (Å²) in [5.74, 6) is 1.50. The number of nitrogens with zero attached hydrogens (tertiary/aromatic N) is 3. The quantitative estimate of drug-likeness (QED) is 0.759. The zero-order valence-corrected chi connectivity index (χ0v) is 16.0. The number of H-pyrrole nitrogens is 1. The van der Waals surface area contributed by atoms with Crippen LogP contribution in [0.3, 0.4) is 0 Å². The molecule has 0 radical (unpaired) electrons. The van der Waals surface area contributed by atoms with Crippen molar-refractivity contribution in [2.45, 2.75) is 12.8 Å². The van der Waals surface area contributed by atoms with Crippen molar-refractivity contribution in [3.8, 4) is 17.0 Å². The number of carbonyl (C=O) groups excluding carboxylic acids is 1. The molecule has 0 unspecified atom stereocenters. The molecule has 28 heavy (non-hydrogen) atoms. The second-order valence-corrected chi connectivity index (χ2v) is 7.59. The van der Waals surface area contributed by atoms with E-state index in [1.54, 1.807) is 7.11 Å². The number of methoxy groups -OCH3 is 1. The van der Waals surface area contributed by atoms with E-state index in [2.05, 4.69) is 27.0 Å². The molecule has 1 saturated heterocycles. The van der Waals surface area contributed by atoms with Crippen molar-refractivity contribution >= 4 is 22.6 Å². The van der Waals surface area contributed by atoms with Crippen LogP contribution in [-0.4, -0.2) is 54.1 Å². The van der Waals surface area contributed by atoms with Crippen LogP contribution in [0.15, 0.2) is 42.6 Å². The highest BCUT2D eigenvalue weighted by atomic mass is 16.5. The number of rotatable bonds is 4. The first-order chi connectivity index (χ1) is 13.7. The van der Waals surface area contributed by atoms with Gasteiger partial charge in [-0.1, -0.05) is 0 Å². The maximum absolute atomic E-state index is 12.3. The minimum atomic E-state index is 0.302. The van der Waals surface area contributed by atoms with E-state index in [-0.39, 0.29) is 0 Å². The first-order valence-corrected chi connectivity index (χ1v) is 9.89. The van der Waals surface area contributed by atoms with E-state index >= 15 is 0 Å². The summed E-state index contributed by atoms with van der Waals surface area (Å²) in [6, 6.07) is 12.3. The first-order valence-electron chi connectivity index (χ1n) is 9.89. The van der Waals surface area contributed by atoms with Crippen molar-refractivity contribution in [1.29, 1.82) is 0 Å². The van der Waals surface area contributed by atoms with Gasteiger partial charge in [-0.2, -0.15) is 0 Å². The van der Waals surface area contributed by atoms with E-state index in [0.717, 1.165) is 67.1 Å². The summed E-state index contributed by atoms with van der Waals surface area (Å²) in [6.45, 7) is 3.32. The lowest BCUT2D eigenvalue weighted by atomic mass is 10.1. The molecule has 3 aromatic rings. The molecule has 1 aliphatic heterocycles. The standard InChI is InChI=1S/C22H24N4O2/c1-28-17-6-4-15(5-7-17)19-14-18-20(8-9-23-21(18)24-19)25-10-12-26(13-11-25)22(27)16-2-3-16/h4-9,14,16H,2-3,10-13H2,1H3,(H,23,24). The van der Waals surface area contributed by atoms with Gasteiger partial charge in [0.25, 0.3) is 0 Å². The van der Waals surface area contributed by atoms with E-state index < -0.39 is 0 Å². The largest absolute Gasteiger partial charge is 0.497 e. The summed E-state index contributed by atoms with van der Waals surface area (Å²) in [5, 5.41) is 1.12. The average Bonchev–Trinajstić information content (AvgIpc) is 3.51. The molecule has 1 amide bonds. The van der Waals surface area contributed by atoms with Crippen molar-refractivity contribution < 1.29 is 9.53 Å². The lowest BCUT2D eigenvalue weighted by Crippen LogP contribution is -2.49. The third kappa shape index (κ3) is 3.09. The molecule has 6 nitrogen and oxygen atoms in total. The number of anilines is 1. The second kappa shape index (κ2) is 6.86. The average molecular weight is 376 g/mol. The molecular formula is C22H24N4O2. The highest BCUT2D eigenvalue weighted by Gasteiger charge is 2.34. The van der Waals surface area contributed by atoms with Gasteiger partial charge in [-0.3, -0.25) is 4.79 Å². The van der Waals surface area contributed by atoms with Gasteiger partial charge in [-0.25, -0.2) is 4.98 Å². The topological polar surface area (TPSA) is 61.5 Å². The van der Waals surface area contributed by atoms with Crippen molar-refractivity contribution in [2.75, 3.05) is 38.2 Å². The molecule has 5 rings (SSSR count). The second-order valence-electron chi connectivity index (χ2n) is 7.59. The van der Waals surface area contributed by atoms with E-state index in [0.29, 0.717) is 11.8 Å². The minimum Gasteiger partial charge on any atom is -0.497 e. The number of aromatic nitrogens is 2. The number of pyridine rings is 1. The summed E-state index contributed by atoms with van der Waals surface area (Å²) in [4.78, 5) is 24.7. The number of hydrogen-bond acceptors (Lipinski definition) is 4. The van der Waals surface area contributed by atoms with E-state index in [1.165, 1.54) is 5.69 Å². The van der Waals surface area contributed by atoms with Gasteiger partial charge in [0.2, 0.25) is 5.91 Å². The SMILES string of the molecule is COc1ccc(-c2cc3c(N4CCN(C(=O)C5CC5)CC4)ccnc3[nH]2)cc1. The number of hydrogen-bond donors (Lipinski definition) is 1. The van der Waals surface area contributed by atoms with Crippen LogP contribution < -0.4 is 9.64 Å². The van der Waals surface area contributed by atoms with Crippen LogP contribution in [0.25, 0.3) is 22.3 Å². The summed E-state index contributed by atoms with van der Waals surface area (Å²) in [7, 11) is 1.67. The molecule has 1 saturated carbocycles. The molecule has 1 N–H and O–H groups in total. The fourth-order valence-corrected chi connectivity index (χ4v) is 3.97. The number of piperazine rings is 1. The van der Waals surface area contributed by atoms with Gasteiger partial charge in [0.15, 0.2) is 0 Å². The molecule has 2 aromatic heterocycles. The molecule has 3 heterocycles. The van der Waals surface area contributed by atoms with Gasteiger partial charge in [0.1, 0.15) is 11.4 Å². The molecular weight excluding hydrogens is 352 g/mol. The maximum Gasteiger partial charge on any atom is 0.225 e. The van der Waals surface area contributed by atoms with Crippen LogP contribution >= 0.6 is 0 Å². The lowest BCUT2D eigenvalue weighted by Gasteiger charge is -2.36. The van der Waals surface area contributed by atoms with Crippen LogP contribution in [0.2, 0.25) is 0 Å². The van der Waals surface area contributed by atoms with E-state index in [4.69, 9.17) is 4.74 Å². The Hall–Kier alpha value is -3.02. The summed E-state index contributed by atoms with van der Waals surface area (Å²) in [5.41, 5.74) is 4.21. The molecule has 2 fully saturated rings. The lowest BCUT2D eigenvalue weighted by molar-refractivity contribution is -0.132. The predicted molar refractivity (Wildman–Crippen MR) is 110 cm³/mol. The van der Waals surface area contributed by atoms with Crippen LogP contribution in [0.1, 0.15) is 12.8 Å². The van der Waals surface area contributed by atoms with Gasteiger partial charge >= 0.3 is 0 Å². The van der Waals surface area contributed by atoms with Crippen molar-refractivity contribution in [1.82, 2.24) is 14.9 Å². The smallest absolute Gasteiger partial charge is 0.225 e. The van der Waals surface area contributed by atoms with Crippen molar-refractivity contribution in [3.63, 3.8) is 0 Å². The highest BCUT2D eigenvalue weighted by molar-refractivity contribution is 5.94. The number of ether oxygens (including phenoxy) is 1. The summed E-state index contributed by atoms with van der Waals surface area (Å²) >= 11 is 0. The van der Waals surface area contributed by atoms with Gasteiger partial charge in [-0.15, -0.1) is 0 Å². The van der Waals surface area contributed by atoms with Crippen LogP contribution in [0.5, 0.6) is 5.75 Å². The van der Waals surface area contributed by atoms with Crippen LogP contribution in [0, 0.1) is 5.92 Å². The molecule has 1 aliphatic carbocycles. The molecule has 0 spiro atoms. The number of carbonyl (C=O) groups is 1. The van der Waals surface area contributed by atoms with Crippen molar-refractivity contribution in [2.24, 2.45) is 5.92 Å². The Morgan fingerprint density at radius 2 is 1.86 bits per heavy atom. The number of benzene rings is 1. The Bertz CT molecular complexity index is 999. The summed E-state index contributed by atoms with van der Waals surface area (Å²) in [6.07, 6.45) is 4.00. The first kappa shape index (κ1) is 17.1. The maximum atomic E-state index is 12.3. The van der Waals surface area contributed by atoms with Crippen LogP contribution in [-0.2, 0) is 4.79 Å². The Labute approximate surface area is 164 Å². The number of fused-ring (bicyclic) bond motifs is 1. The number of amides is 1. The van der Waals surface area contributed by atoms with Gasteiger partial charge < -0.3 is 19.5 Å². The number of aromatic amines is 1. The monoisotopic (exact) mass is 376 g/mol. The Kier molecular flexibility index (Phi) is 4.19. The molecule has 0 bridgehead atoms. The van der Waals surface area contributed by atoms with E-state index in [9.17, 15) is 4.79 Å². The molecule has 144 valence electrons. The molecule has 1 aromatic carbocycles. The molecule has 2 aliphatic rings. The molecule has 6 heteroatoms. The zero-order chi connectivity index (χ0) is 19.1. The van der Waals surface area contributed by atoms with Gasteiger partial charge in [0.05, 0.1) is 7.11 Å². The van der Waals surface area contributed by atoms with Gasteiger partial charge in [-0.05, 0) is 54.8 Å². The highest BCUT2D eigenvalue weighted by Crippen LogP contribution is 2.33. The third-order valence-corrected chi connectivity index (χ3v) is 5.77. The van der Waals surface area contributed by atoms with Crippen molar-refractivity contribution in [3.05, 3.63) is 42.6 Å². The normalized spacial score (nSPS) is 17.2. The Balaban J connectivity index is 1.39. The fraction of sp³-hybridized carbons (Fsp3) is 0.364. The Morgan fingerprint density at radius 3 is 2.54 bits per heavy atom. The Morgan fingerprint density at radius 1 is 1.11 bits per heavy atom. The van der Waals surface area contributed by atoms with E-state index in [1.807, 2.05) is 35.4 Å². The predicted octanol–water partition coefficient (Wildman–Crippen LogP) is 3.30. The number of nitrogens with one attached hydrogen (secondary N) is 1. The third-order valence-electron chi connectivity index (χ3n) is 5.77. The van der Waals surface area contributed by atoms with Crippen LogP contribution in [0.4, 0.5) is 5.69 Å². The zero-order valence-electron chi connectivity index (χ0n) is 16.0. The molecule has 0 atom stereocenters. The summed E-state index contributed by atoms with van der Waals surface area (Å²) < 4.78 is 5.25. The van der Waals surface area contributed by atoms with Gasteiger partial charge in [0, 0.05) is 55.1 Å². The fourth-order valence-electron chi connectivity index (χ4n) is 3.97.